The lowest BCUT2D eigenvalue weighted by Crippen LogP contribution is -2.03. The zero-order valence-corrected chi connectivity index (χ0v) is 12.4. The van der Waals surface area contributed by atoms with Crippen LogP contribution in [0, 0.1) is 0 Å². The molecule has 0 unspecified atom stereocenters. The molecule has 0 saturated carbocycles. The first-order valence-electron chi connectivity index (χ1n) is 7.39. The minimum Gasteiger partial charge on any atom is -0.103 e. The molecular formula is C21H20. The molecule has 2 aromatic carbocycles. The van der Waals surface area contributed by atoms with Crippen molar-refractivity contribution in [1.29, 1.82) is 0 Å². The maximum absolute atomic E-state index is 4.03. The van der Waals surface area contributed by atoms with Gasteiger partial charge < -0.3 is 0 Å². The summed E-state index contributed by atoms with van der Waals surface area (Å²) in [6.45, 7) is 11.8. The van der Waals surface area contributed by atoms with E-state index in [1.54, 1.807) is 0 Å². The third-order valence-corrected chi connectivity index (χ3v) is 4.16. The molecule has 0 aliphatic heterocycles. The summed E-state index contributed by atoms with van der Waals surface area (Å²) < 4.78 is 0. The Hall–Kier alpha value is -2.34. The third kappa shape index (κ3) is 2.27. The number of rotatable bonds is 5. The van der Waals surface area contributed by atoms with E-state index in [2.05, 4.69) is 50.1 Å². The summed E-state index contributed by atoms with van der Waals surface area (Å²) in [5.41, 5.74) is 6.70. The second-order valence-electron chi connectivity index (χ2n) is 5.55. The normalized spacial score (nSPS) is 12.9. The molecule has 0 aromatic heterocycles. The molecule has 1 aliphatic rings. The Morgan fingerprint density at radius 2 is 1.86 bits per heavy atom. The van der Waals surface area contributed by atoms with Gasteiger partial charge in [-0.25, -0.2) is 0 Å². The molecule has 1 aliphatic carbocycles. The van der Waals surface area contributed by atoms with E-state index in [1.807, 2.05) is 18.2 Å². The van der Waals surface area contributed by atoms with E-state index in [9.17, 15) is 0 Å². The van der Waals surface area contributed by atoms with Crippen molar-refractivity contribution >= 4 is 22.9 Å². The van der Waals surface area contributed by atoms with Crippen molar-refractivity contribution in [3.05, 3.63) is 84.0 Å². The van der Waals surface area contributed by atoms with E-state index in [0.29, 0.717) is 0 Å². The minimum atomic E-state index is 0.874. The molecule has 0 saturated heterocycles. The fourth-order valence-corrected chi connectivity index (χ4v) is 3.32. The predicted octanol–water partition coefficient (Wildman–Crippen LogP) is 5.73. The molecule has 0 nitrogen and oxygen atoms in total. The van der Waals surface area contributed by atoms with E-state index in [4.69, 9.17) is 0 Å². The van der Waals surface area contributed by atoms with Gasteiger partial charge in [-0.2, -0.15) is 0 Å². The smallest absolute Gasteiger partial charge is 0.00543 e. The quantitative estimate of drug-likeness (QED) is 0.610. The Labute approximate surface area is 126 Å². The monoisotopic (exact) mass is 272 g/mol. The molecule has 0 heterocycles. The standard InChI is InChI=1S/C21H20/c1-4-8-15-12-17-10-7-11-18-14-16(9-5-2)19(6-3)20(13-15)21(17)18/h4-7,10-11,13-14H,1-3,8-9,12H2. The highest BCUT2D eigenvalue weighted by Crippen LogP contribution is 2.37. The molecule has 3 rings (SSSR count). The van der Waals surface area contributed by atoms with Crippen molar-refractivity contribution in [1.82, 2.24) is 0 Å². The van der Waals surface area contributed by atoms with E-state index in [-0.39, 0.29) is 0 Å². The number of hydrogen-bond donors (Lipinski definition) is 0. The van der Waals surface area contributed by atoms with Crippen LogP contribution in [0.2, 0.25) is 0 Å². The van der Waals surface area contributed by atoms with Gasteiger partial charge in [-0.05, 0) is 52.3 Å². The summed E-state index contributed by atoms with van der Waals surface area (Å²) in [7, 11) is 0. The molecule has 0 spiro atoms. The molecule has 21 heavy (non-hydrogen) atoms. The van der Waals surface area contributed by atoms with Gasteiger partial charge in [0, 0.05) is 0 Å². The van der Waals surface area contributed by atoms with Crippen LogP contribution in [0.3, 0.4) is 0 Å². The summed E-state index contributed by atoms with van der Waals surface area (Å²) in [5.74, 6) is 0. The third-order valence-electron chi connectivity index (χ3n) is 4.16. The van der Waals surface area contributed by atoms with E-state index in [1.165, 1.54) is 38.6 Å². The first kappa shape index (κ1) is 13.6. The Morgan fingerprint density at radius 1 is 1.05 bits per heavy atom. The Kier molecular flexibility index (Phi) is 3.62. The van der Waals surface area contributed by atoms with Gasteiger partial charge in [-0.15, -0.1) is 13.2 Å². The van der Waals surface area contributed by atoms with Gasteiger partial charge in [0.05, 0.1) is 0 Å². The van der Waals surface area contributed by atoms with E-state index in [0.717, 1.165) is 19.3 Å². The number of hydrogen-bond acceptors (Lipinski definition) is 0. The average Bonchev–Trinajstić information content (AvgIpc) is 2.48. The second-order valence-corrected chi connectivity index (χ2v) is 5.55. The van der Waals surface area contributed by atoms with Crippen molar-refractivity contribution < 1.29 is 0 Å². The topological polar surface area (TPSA) is 0 Å². The van der Waals surface area contributed by atoms with Crippen LogP contribution in [-0.2, 0) is 12.8 Å². The van der Waals surface area contributed by atoms with Crippen LogP contribution in [-0.4, -0.2) is 0 Å². The molecule has 0 atom stereocenters. The van der Waals surface area contributed by atoms with Crippen molar-refractivity contribution in [3.63, 3.8) is 0 Å². The zero-order valence-electron chi connectivity index (χ0n) is 12.4. The highest BCUT2D eigenvalue weighted by atomic mass is 14.2. The Balaban J connectivity index is 2.36. The average molecular weight is 272 g/mol. The van der Waals surface area contributed by atoms with E-state index < -0.39 is 0 Å². The summed E-state index contributed by atoms with van der Waals surface area (Å²) in [6.07, 6.45) is 11.1. The molecule has 0 fully saturated rings. The Morgan fingerprint density at radius 3 is 2.57 bits per heavy atom. The van der Waals surface area contributed by atoms with Gasteiger partial charge in [0.2, 0.25) is 0 Å². The van der Waals surface area contributed by atoms with Crippen LogP contribution >= 0.6 is 0 Å². The van der Waals surface area contributed by atoms with Crippen LogP contribution in [0.15, 0.2) is 61.7 Å². The van der Waals surface area contributed by atoms with Crippen molar-refractivity contribution in [2.45, 2.75) is 19.3 Å². The SMILES string of the molecule is C=CCC1=Cc2c(C=C)c(CC=C)cc3cccc(c23)C1. The lowest BCUT2D eigenvalue weighted by molar-refractivity contribution is 1.08. The maximum atomic E-state index is 4.03. The molecular weight excluding hydrogens is 252 g/mol. The first-order chi connectivity index (χ1) is 10.3. The van der Waals surface area contributed by atoms with Crippen LogP contribution < -0.4 is 0 Å². The van der Waals surface area contributed by atoms with Gasteiger partial charge in [-0.1, -0.05) is 60.7 Å². The van der Waals surface area contributed by atoms with Gasteiger partial charge >= 0.3 is 0 Å². The van der Waals surface area contributed by atoms with Crippen molar-refractivity contribution in [2.24, 2.45) is 0 Å². The summed E-state index contributed by atoms with van der Waals surface area (Å²) in [4.78, 5) is 0. The Bertz CT molecular complexity index is 772. The number of benzene rings is 2. The summed E-state index contributed by atoms with van der Waals surface area (Å²) in [6, 6.07) is 8.88. The van der Waals surface area contributed by atoms with Crippen LogP contribution in [0.4, 0.5) is 0 Å². The van der Waals surface area contributed by atoms with Gasteiger partial charge in [0.15, 0.2) is 0 Å². The largest absolute Gasteiger partial charge is 0.103 e. The first-order valence-corrected chi connectivity index (χ1v) is 7.39. The maximum Gasteiger partial charge on any atom is -0.00543 e. The van der Waals surface area contributed by atoms with Crippen molar-refractivity contribution in [3.8, 4) is 0 Å². The highest BCUT2D eigenvalue weighted by molar-refractivity contribution is 5.99. The zero-order chi connectivity index (χ0) is 14.8. The second kappa shape index (κ2) is 5.57. The molecule has 0 bridgehead atoms. The molecule has 0 amide bonds. The molecule has 0 N–H and O–H groups in total. The molecule has 0 heteroatoms. The molecule has 2 aromatic rings. The van der Waals surface area contributed by atoms with Gasteiger partial charge in [-0.3, -0.25) is 0 Å². The van der Waals surface area contributed by atoms with Crippen molar-refractivity contribution in [2.75, 3.05) is 0 Å². The predicted molar refractivity (Wildman–Crippen MR) is 94.4 cm³/mol. The van der Waals surface area contributed by atoms with Gasteiger partial charge in [0.25, 0.3) is 0 Å². The van der Waals surface area contributed by atoms with Crippen LogP contribution in [0.25, 0.3) is 22.9 Å². The fraction of sp³-hybridized carbons (Fsp3) is 0.143. The van der Waals surface area contributed by atoms with Crippen LogP contribution in [0.5, 0.6) is 0 Å². The molecule has 104 valence electrons. The summed E-state index contributed by atoms with van der Waals surface area (Å²) in [5, 5.41) is 2.70. The summed E-state index contributed by atoms with van der Waals surface area (Å²) >= 11 is 0. The fourth-order valence-electron chi connectivity index (χ4n) is 3.32. The van der Waals surface area contributed by atoms with E-state index >= 15 is 0 Å². The minimum absolute atomic E-state index is 0.874. The lowest BCUT2D eigenvalue weighted by Gasteiger charge is -2.21. The van der Waals surface area contributed by atoms with Crippen LogP contribution in [0.1, 0.15) is 28.7 Å². The molecule has 0 radical (unpaired) electrons. The lowest BCUT2D eigenvalue weighted by atomic mass is 9.83. The number of allylic oxidation sites excluding steroid dienone is 3. The highest BCUT2D eigenvalue weighted by Gasteiger charge is 2.17. The van der Waals surface area contributed by atoms with Gasteiger partial charge in [0.1, 0.15) is 0 Å².